The second kappa shape index (κ2) is 8.69. The van der Waals surface area contributed by atoms with Gasteiger partial charge in [0.05, 0.1) is 37.3 Å². The van der Waals surface area contributed by atoms with Gasteiger partial charge in [-0.25, -0.2) is 18.3 Å². The van der Waals surface area contributed by atoms with Crippen molar-refractivity contribution in [1.29, 1.82) is 0 Å². The van der Waals surface area contributed by atoms with Gasteiger partial charge >= 0.3 is 6.18 Å². The predicted molar refractivity (Wildman–Crippen MR) is 109 cm³/mol. The molecule has 1 aromatic carbocycles. The zero-order valence-corrected chi connectivity index (χ0v) is 16.9. The predicted octanol–water partition coefficient (Wildman–Crippen LogP) is 2.50. The number of carbonyl (C=O) groups is 1. The second-order valence-corrected chi connectivity index (χ2v) is 7.12. The molecule has 0 aliphatic carbocycles. The molecule has 0 saturated carbocycles. The Kier molecular flexibility index (Phi) is 5.93. The summed E-state index contributed by atoms with van der Waals surface area (Å²) in [5, 5.41) is 8.91. The van der Waals surface area contributed by atoms with E-state index in [0.717, 1.165) is 12.1 Å². The molecular formula is C19H18F5N7O2. The van der Waals surface area contributed by atoms with Gasteiger partial charge in [-0.1, -0.05) is 0 Å². The van der Waals surface area contributed by atoms with E-state index >= 15 is 0 Å². The first-order valence-electron chi connectivity index (χ1n) is 9.71. The minimum atomic E-state index is -4.71. The molecule has 0 unspecified atom stereocenters. The monoisotopic (exact) mass is 471 g/mol. The van der Waals surface area contributed by atoms with Crippen LogP contribution in [0.2, 0.25) is 0 Å². The van der Waals surface area contributed by atoms with Crippen LogP contribution in [-0.4, -0.2) is 53.4 Å². The van der Waals surface area contributed by atoms with Crippen molar-refractivity contribution < 1.29 is 31.5 Å². The molecule has 33 heavy (non-hydrogen) atoms. The van der Waals surface area contributed by atoms with Crippen LogP contribution in [0.4, 0.5) is 44.8 Å². The van der Waals surface area contributed by atoms with Crippen molar-refractivity contribution in [2.75, 3.05) is 54.1 Å². The van der Waals surface area contributed by atoms with Gasteiger partial charge in [-0.05, 0) is 12.1 Å². The zero-order chi connectivity index (χ0) is 23.8. The van der Waals surface area contributed by atoms with Crippen molar-refractivity contribution in [2.24, 2.45) is 0 Å². The Hall–Kier alpha value is -3.68. The van der Waals surface area contributed by atoms with E-state index in [-0.39, 0.29) is 22.8 Å². The summed E-state index contributed by atoms with van der Waals surface area (Å²) in [6.45, 7) is 1.08. The lowest BCUT2D eigenvalue weighted by Crippen LogP contribution is -2.37. The number of carbonyl (C=O) groups excluding carboxylic acids is 1. The van der Waals surface area contributed by atoms with Crippen LogP contribution in [0, 0.1) is 11.6 Å². The number of rotatable bonds is 5. The van der Waals surface area contributed by atoms with Gasteiger partial charge in [0.1, 0.15) is 5.69 Å². The minimum Gasteiger partial charge on any atom is -0.397 e. The van der Waals surface area contributed by atoms with Gasteiger partial charge < -0.3 is 26.0 Å². The molecule has 1 saturated heterocycles. The Labute approximate surface area is 183 Å². The maximum atomic E-state index is 13.9. The van der Waals surface area contributed by atoms with Crippen LogP contribution in [0.3, 0.4) is 0 Å². The number of nitrogens with one attached hydrogen (secondary N) is 2. The number of ether oxygens (including phenoxy) is 1. The topological polar surface area (TPSA) is 110 Å². The van der Waals surface area contributed by atoms with Crippen LogP contribution >= 0.6 is 0 Å². The van der Waals surface area contributed by atoms with Gasteiger partial charge in [-0.3, -0.25) is 4.79 Å². The second-order valence-electron chi connectivity index (χ2n) is 7.12. The third-order valence-corrected chi connectivity index (χ3v) is 4.91. The normalized spacial score (nSPS) is 14.5. The first kappa shape index (κ1) is 22.5. The molecule has 1 aliphatic rings. The molecule has 0 bridgehead atoms. The summed E-state index contributed by atoms with van der Waals surface area (Å²) in [6, 6.07) is 3.36. The van der Waals surface area contributed by atoms with Gasteiger partial charge in [0.15, 0.2) is 28.8 Å². The molecule has 4 rings (SSSR count). The van der Waals surface area contributed by atoms with E-state index in [9.17, 15) is 26.7 Å². The number of aromatic nitrogens is 3. The highest BCUT2D eigenvalue weighted by molar-refractivity contribution is 5.97. The van der Waals surface area contributed by atoms with E-state index < -0.39 is 41.6 Å². The van der Waals surface area contributed by atoms with Crippen molar-refractivity contribution in [3.05, 3.63) is 41.7 Å². The molecule has 3 aromatic rings. The Morgan fingerprint density at radius 1 is 1.21 bits per heavy atom. The van der Waals surface area contributed by atoms with Crippen molar-refractivity contribution in [1.82, 2.24) is 14.6 Å². The largest absolute Gasteiger partial charge is 0.435 e. The molecule has 1 fully saturated rings. The number of amides is 1. The molecule has 0 atom stereocenters. The number of anilines is 4. The number of nitrogens with two attached hydrogens (primary N) is 1. The van der Waals surface area contributed by atoms with E-state index in [4.69, 9.17) is 10.5 Å². The van der Waals surface area contributed by atoms with E-state index in [1.165, 1.54) is 6.07 Å². The van der Waals surface area contributed by atoms with E-state index in [2.05, 4.69) is 20.7 Å². The maximum absolute atomic E-state index is 13.9. The van der Waals surface area contributed by atoms with E-state index in [0.29, 0.717) is 37.0 Å². The third-order valence-electron chi connectivity index (χ3n) is 4.91. The summed E-state index contributed by atoms with van der Waals surface area (Å²) in [7, 11) is 0. The van der Waals surface area contributed by atoms with Crippen LogP contribution in [-0.2, 0) is 15.7 Å². The van der Waals surface area contributed by atoms with Crippen molar-refractivity contribution in [3.63, 3.8) is 0 Å². The molecular weight excluding hydrogens is 453 g/mol. The number of nitrogen functional groups attached to an aromatic ring is 1. The zero-order valence-electron chi connectivity index (χ0n) is 16.9. The summed E-state index contributed by atoms with van der Waals surface area (Å²) in [5.74, 6) is -3.11. The van der Waals surface area contributed by atoms with Gasteiger partial charge in [0.25, 0.3) is 0 Å². The fourth-order valence-electron chi connectivity index (χ4n) is 3.28. The Morgan fingerprint density at radius 3 is 2.64 bits per heavy atom. The molecule has 3 heterocycles. The molecule has 0 radical (unpaired) electrons. The molecule has 9 nitrogen and oxygen atoms in total. The minimum absolute atomic E-state index is 0.0878. The highest BCUT2D eigenvalue weighted by atomic mass is 19.4. The van der Waals surface area contributed by atoms with Crippen LogP contribution in [0.25, 0.3) is 5.65 Å². The number of nitrogens with zero attached hydrogens (tertiary/aromatic N) is 4. The summed E-state index contributed by atoms with van der Waals surface area (Å²) >= 11 is 0. The highest BCUT2D eigenvalue weighted by Crippen LogP contribution is 2.32. The third kappa shape index (κ3) is 4.60. The fourth-order valence-corrected chi connectivity index (χ4v) is 3.28. The smallest absolute Gasteiger partial charge is 0.397 e. The van der Waals surface area contributed by atoms with E-state index in [1.807, 2.05) is 0 Å². The molecule has 176 valence electrons. The van der Waals surface area contributed by atoms with E-state index in [1.54, 1.807) is 4.90 Å². The number of morpholine rings is 1. The molecule has 1 amide bonds. The van der Waals surface area contributed by atoms with Gasteiger partial charge in [-0.15, -0.1) is 5.10 Å². The van der Waals surface area contributed by atoms with Crippen molar-refractivity contribution in [2.45, 2.75) is 6.18 Å². The maximum Gasteiger partial charge on any atom is 0.435 e. The van der Waals surface area contributed by atoms with Crippen LogP contribution < -0.4 is 21.3 Å². The Balaban J connectivity index is 1.62. The van der Waals surface area contributed by atoms with Gasteiger partial charge in [0.2, 0.25) is 5.91 Å². The van der Waals surface area contributed by atoms with Crippen molar-refractivity contribution in [3.8, 4) is 0 Å². The first-order chi connectivity index (χ1) is 15.6. The number of hydrogen-bond acceptors (Lipinski definition) is 7. The lowest BCUT2D eigenvalue weighted by atomic mass is 10.2. The Bertz CT molecular complexity index is 1190. The fraction of sp³-hybridized carbons (Fsp3) is 0.316. The molecule has 2 aromatic heterocycles. The molecule has 0 spiro atoms. The summed E-state index contributed by atoms with van der Waals surface area (Å²) in [4.78, 5) is 17.8. The molecule has 14 heteroatoms. The van der Waals surface area contributed by atoms with Gasteiger partial charge in [0, 0.05) is 19.2 Å². The average molecular weight is 471 g/mol. The number of halogens is 5. The summed E-state index contributed by atoms with van der Waals surface area (Å²) in [5.41, 5.74) is 3.70. The quantitative estimate of drug-likeness (QED) is 0.388. The Morgan fingerprint density at radius 2 is 1.94 bits per heavy atom. The molecule has 1 aliphatic heterocycles. The standard InChI is InChI=1S/C19H18F5N7O2/c20-10-1-2-11(25)17(16(10)21)28-15(32)9-26-12-7-14(30-3-5-33-6-4-30)29-31-13(19(22,23)24)8-27-18(12)31/h1-2,7-8,26H,3-6,9,25H2,(H,28,32). The number of alkyl halides is 3. The average Bonchev–Trinajstić information content (AvgIpc) is 3.23. The number of hydrogen-bond donors (Lipinski definition) is 3. The lowest BCUT2D eigenvalue weighted by Gasteiger charge is -2.28. The number of imidazole rings is 1. The first-order valence-corrected chi connectivity index (χ1v) is 9.71. The van der Waals surface area contributed by atoms with Crippen LogP contribution in [0.1, 0.15) is 5.69 Å². The van der Waals surface area contributed by atoms with Crippen molar-refractivity contribution >= 4 is 34.4 Å². The molecule has 4 N–H and O–H groups in total. The SMILES string of the molecule is Nc1ccc(F)c(F)c1NC(=O)CNc1cc(N2CCOCC2)nn2c(C(F)(F)F)cnc12. The van der Waals surface area contributed by atoms with Crippen LogP contribution in [0.5, 0.6) is 0 Å². The number of fused-ring (bicyclic) bond motifs is 1. The van der Waals surface area contributed by atoms with Crippen LogP contribution in [0.15, 0.2) is 24.4 Å². The summed E-state index contributed by atoms with van der Waals surface area (Å²) in [6.07, 6.45) is -4.07. The number of benzene rings is 1. The highest BCUT2D eigenvalue weighted by Gasteiger charge is 2.36. The lowest BCUT2D eigenvalue weighted by molar-refractivity contribution is -0.142. The van der Waals surface area contributed by atoms with Gasteiger partial charge in [-0.2, -0.15) is 13.2 Å². The summed E-state index contributed by atoms with van der Waals surface area (Å²) < 4.78 is 73.5.